The second kappa shape index (κ2) is 4.25. The largest absolute Gasteiger partial charge is 0.399 e. The number of nitrogen functional groups attached to an aromatic ring is 2. The number of nitrogens with two attached hydrogens (primary N) is 2. The first kappa shape index (κ1) is 11.7. The smallest absolute Gasteiger partial charge is 0.253 e. The van der Waals surface area contributed by atoms with Crippen molar-refractivity contribution in [3.05, 3.63) is 23.8 Å². The highest BCUT2D eigenvalue weighted by Gasteiger charge is 2.42. The standard InChI is InChI=1S/C12H17N3O2/c13-8-1-2-9(10(14)5-8)11(17)15-6-12(7-16)3-4-12/h1-2,5,16H,3-4,6-7,13-14H2,(H,15,17). The highest BCUT2D eigenvalue weighted by Crippen LogP contribution is 2.44. The fourth-order valence-electron chi connectivity index (χ4n) is 1.72. The van der Waals surface area contributed by atoms with Gasteiger partial charge in [-0.1, -0.05) is 0 Å². The predicted octanol–water partition coefficient (Wildman–Crippen LogP) is 0.353. The van der Waals surface area contributed by atoms with Gasteiger partial charge in [0, 0.05) is 23.3 Å². The van der Waals surface area contributed by atoms with Gasteiger partial charge in [0.15, 0.2) is 0 Å². The fourth-order valence-corrected chi connectivity index (χ4v) is 1.72. The van der Waals surface area contributed by atoms with Gasteiger partial charge in [0.25, 0.3) is 5.91 Å². The van der Waals surface area contributed by atoms with Gasteiger partial charge < -0.3 is 21.9 Å². The van der Waals surface area contributed by atoms with Crippen LogP contribution in [-0.2, 0) is 0 Å². The lowest BCUT2D eigenvalue weighted by molar-refractivity contribution is 0.0936. The quantitative estimate of drug-likeness (QED) is 0.566. The first-order valence-corrected chi connectivity index (χ1v) is 5.60. The van der Waals surface area contributed by atoms with Crippen molar-refractivity contribution in [3.63, 3.8) is 0 Å². The zero-order chi connectivity index (χ0) is 12.5. The van der Waals surface area contributed by atoms with E-state index < -0.39 is 0 Å². The first-order valence-electron chi connectivity index (χ1n) is 5.60. The van der Waals surface area contributed by atoms with Crippen molar-refractivity contribution in [2.75, 3.05) is 24.6 Å². The Morgan fingerprint density at radius 3 is 2.65 bits per heavy atom. The number of amides is 1. The average Bonchev–Trinajstić information content (AvgIpc) is 3.07. The minimum Gasteiger partial charge on any atom is -0.399 e. The van der Waals surface area contributed by atoms with E-state index in [0.29, 0.717) is 23.5 Å². The maximum absolute atomic E-state index is 11.9. The second-order valence-electron chi connectivity index (χ2n) is 4.69. The minimum absolute atomic E-state index is 0.0990. The van der Waals surface area contributed by atoms with Crippen LogP contribution in [0.15, 0.2) is 18.2 Å². The SMILES string of the molecule is Nc1ccc(C(=O)NCC2(CO)CC2)c(N)c1. The minimum atomic E-state index is -0.220. The van der Waals surface area contributed by atoms with E-state index in [4.69, 9.17) is 16.6 Å². The topological polar surface area (TPSA) is 101 Å². The summed E-state index contributed by atoms with van der Waals surface area (Å²) in [6.07, 6.45) is 1.92. The van der Waals surface area contributed by atoms with Gasteiger partial charge in [-0.05, 0) is 31.0 Å². The summed E-state index contributed by atoms with van der Waals surface area (Å²) in [5, 5.41) is 11.9. The highest BCUT2D eigenvalue weighted by atomic mass is 16.3. The van der Waals surface area contributed by atoms with Gasteiger partial charge in [-0.2, -0.15) is 0 Å². The van der Waals surface area contributed by atoms with Crippen LogP contribution in [0.4, 0.5) is 11.4 Å². The average molecular weight is 235 g/mol. The van der Waals surface area contributed by atoms with Crippen LogP contribution < -0.4 is 16.8 Å². The fraction of sp³-hybridized carbons (Fsp3) is 0.417. The number of benzene rings is 1. The van der Waals surface area contributed by atoms with Gasteiger partial charge in [0.2, 0.25) is 0 Å². The molecule has 0 unspecified atom stereocenters. The number of rotatable bonds is 4. The molecule has 1 saturated carbocycles. The van der Waals surface area contributed by atoms with E-state index in [-0.39, 0.29) is 17.9 Å². The summed E-state index contributed by atoms with van der Waals surface area (Å²) in [6.45, 7) is 0.608. The van der Waals surface area contributed by atoms with Crippen molar-refractivity contribution in [2.24, 2.45) is 5.41 Å². The lowest BCUT2D eigenvalue weighted by Gasteiger charge is -2.13. The predicted molar refractivity (Wildman–Crippen MR) is 66.4 cm³/mol. The van der Waals surface area contributed by atoms with Gasteiger partial charge in [-0.25, -0.2) is 0 Å². The number of nitrogens with one attached hydrogen (secondary N) is 1. The molecule has 0 aromatic heterocycles. The molecular weight excluding hydrogens is 218 g/mol. The van der Waals surface area contributed by atoms with Crippen molar-refractivity contribution < 1.29 is 9.90 Å². The van der Waals surface area contributed by atoms with Gasteiger partial charge in [0.1, 0.15) is 0 Å². The molecule has 0 saturated heterocycles. The number of carbonyl (C=O) groups is 1. The van der Waals surface area contributed by atoms with Gasteiger partial charge in [0.05, 0.1) is 12.2 Å². The van der Waals surface area contributed by atoms with Crippen LogP contribution in [0, 0.1) is 5.41 Å². The molecule has 17 heavy (non-hydrogen) atoms. The van der Waals surface area contributed by atoms with E-state index in [2.05, 4.69) is 5.32 Å². The monoisotopic (exact) mass is 235 g/mol. The molecule has 0 aliphatic heterocycles. The molecule has 1 aliphatic rings. The van der Waals surface area contributed by atoms with Gasteiger partial charge >= 0.3 is 0 Å². The van der Waals surface area contributed by atoms with Crippen LogP contribution in [0.5, 0.6) is 0 Å². The Morgan fingerprint density at radius 2 is 2.12 bits per heavy atom. The molecule has 0 spiro atoms. The zero-order valence-corrected chi connectivity index (χ0v) is 9.57. The first-order chi connectivity index (χ1) is 8.06. The lowest BCUT2D eigenvalue weighted by Crippen LogP contribution is -2.32. The summed E-state index contributed by atoms with van der Waals surface area (Å²) < 4.78 is 0. The molecule has 1 aromatic rings. The number of aliphatic hydroxyl groups is 1. The molecule has 2 rings (SSSR count). The molecule has 0 heterocycles. The third-order valence-electron chi connectivity index (χ3n) is 3.24. The Balaban J connectivity index is 2.00. The van der Waals surface area contributed by atoms with Crippen LogP contribution >= 0.6 is 0 Å². The van der Waals surface area contributed by atoms with Crippen LogP contribution in [0.2, 0.25) is 0 Å². The maximum atomic E-state index is 11.9. The molecule has 0 bridgehead atoms. The van der Waals surface area contributed by atoms with E-state index >= 15 is 0 Å². The molecule has 0 radical (unpaired) electrons. The molecule has 1 aliphatic carbocycles. The van der Waals surface area contributed by atoms with E-state index in [1.807, 2.05) is 0 Å². The van der Waals surface area contributed by atoms with E-state index in [9.17, 15) is 4.79 Å². The van der Waals surface area contributed by atoms with Crippen LogP contribution in [0.25, 0.3) is 0 Å². The summed E-state index contributed by atoms with van der Waals surface area (Å²) in [6, 6.07) is 4.82. The van der Waals surface area contributed by atoms with Gasteiger partial charge in [-0.3, -0.25) is 4.79 Å². The molecule has 1 aromatic carbocycles. The van der Waals surface area contributed by atoms with Crippen molar-refractivity contribution >= 4 is 17.3 Å². The van der Waals surface area contributed by atoms with Crippen LogP contribution in [0.3, 0.4) is 0 Å². The Morgan fingerprint density at radius 1 is 1.41 bits per heavy atom. The lowest BCUT2D eigenvalue weighted by atomic mass is 10.1. The third-order valence-corrected chi connectivity index (χ3v) is 3.24. The van der Waals surface area contributed by atoms with Crippen LogP contribution in [-0.4, -0.2) is 24.2 Å². The van der Waals surface area contributed by atoms with Crippen molar-refractivity contribution in [2.45, 2.75) is 12.8 Å². The van der Waals surface area contributed by atoms with Gasteiger partial charge in [-0.15, -0.1) is 0 Å². The van der Waals surface area contributed by atoms with E-state index in [1.54, 1.807) is 18.2 Å². The molecule has 5 nitrogen and oxygen atoms in total. The summed E-state index contributed by atoms with van der Waals surface area (Å²) >= 11 is 0. The van der Waals surface area contributed by atoms with E-state index in [1.165, 1.54) is 0 Å². The summed E-state index contributed by atoms with van der Waals surface area (Å²) in [4.78, 5) is 11.9. The van der Waals surface area contributed by atoms with E-state index in [0.717, 1.165) is 12.8 Å². The Labute approximate surface area is 99.8 Å². The Kier molecular flexibility index (Phi) is 2.93. The van der Waals surface area contributed by atoms with Crippen molar-refractivity contribution in [3.8, 4) is 0 Å². The number of aliphatic hydroxyl groups excluding tert-OH is 1. The number of carbonyl (C=O) groups excluding carboxylic acids is 1. The molecule has 1 amide bonds. The Hall–Kier alpha value is -1.75. The molecule has 5 heteroatoms. The number of hydrogen-bond acceptors (Lipinski definition) is 4. The Bertz CT molecular complexity index is 441. The number of anilines is 2. The molecule has 6 N–H and O–H groups in total. The molecular formula is C12H17N3O2. The molecule has 1 fully saturated rings. The maximum Gasteiger partial charge on any atom is 0.253 e. The third kappa shape index (κ3) is 2.50. The summed E-state index contributed by atoms with van der Waals surface area (Å²) in [5.41, 5.74) is 12.5. The second-order valence-corrected chi connectivity index (χ2v) is 4.69. The van der Waals surface area contributed by atoms with Crippen molar-refractivity contribution in [1.82, 2.24) is 5.32 Å². The van der Waals surface area contributed by atoms with Crippen molar-refractivity contribution in [1.29, 1.82) is 0 Å². The molecule has 92 valence electrons. The normalized spacial score (nSPS) is 16.5. The summed E-state index contributed by atoms with van der Waals surface area (Å²) in [5.74, 6) is -0.220. The summed E-state index contributed by atoms with van der Waals surface area (Å²) in [7, 11) is 0. The molecule has 0 atom stereocenters. The van der Waals surface area contributed by atoms with Crippen LogP contribution in [0.1, 0.15) is 23.2 Å². The number of hydrogen-bond donors (Lipinski definition) is 4. The zero-order valence-electron chi connectivity index (χ0n) is 9.57. The highest BCUT2D eigenvalue weighted by molar-refractivity contribution is 5.99.